The molecule has 1 aromatic carbocycles. The first-order valence-electron chi connectivity index (χ1n) is 3.94. The van der Waals surface area contributed by atoms with Gasteiger partial charge in [0.15, 0.2) is 0 Å². The van der Waals surface area contributed by atoms with Crippen molar-refractivity contribution in [1.29, 1.82) is 0 Å². The van der Waals surface area contributed by atoms with Gasteiger partial charge in [-0.15, -0.1) is 0 Å². The van der Waals surface area contributed by atoms with Crippen LogP contribution in [0, 0.1) is 0 Å². The predicted octanol–water partition coefficient (Wildman–Crippen LogP) is 0.777. The van der Waals surface area contributed by atoms with Gasteiger partial charge in [0, 0.05) is 5.56 Å². The summed E-state index contributed by atoms with van der Waals surface area (Å²) in [5.41, 5.74) is 6.72. The van der Waals surface area contributed by atoms with Crippen LogP contribution in [0.2, 0.25) is 0 Å². The maximum absolute atomic E-state index is 10.6. The maximum atomic E-state index is 10.6. The summed E-state index contributed by atoms with van der Waals surface area (Å²) >= 11 is 0. The molecule has 0 spiro atoms. The van der Waals surface area contributed by atoms with E-state index in [2.05, 4.69) is 0 Å². The molecule has 0 aromatic heterocycles. The Morgan fingerprint density at radius 3 is 3.08 bits per heavy atom. The third-order valence-corrected chi connectivity index (χ3v) is 2.07. The third-order valence-electron chi connectivity index (χ3n) is 2.07. The van der Waals surface area contributed by atoms with Gasteiger partial charge in [0.25, 0.3) is 0 Å². The summed E-state index contributed by atoms with van der Waals surface area (Å²) in [6.45, 7) is 0.429. The highest BCUT2D eigenvalue weighted by Crippen LogP contribution is 2.31. The first-order valence-corrected chi connectivity index (χ1v) is 3.94. The number of ether oxygens (including phenoxy) is 1. The van der Waals surface area contributed by atoms with Crippen LogP contribution in [0.3, 0.4) is 0 Å². The highest BCUT2D eigenvalue weighted by molar-refractivity contribution is 5.88. The van der Waals surface area contributed by atoms with E-state index in [0.717, 1.165) is 5.56 Å². The fraction of sp³-hybridized carbons (Fsp3) is 0.222. The van der Waals surface area contributed by atoms with Crippen molar-refractivity contribution in [2.75, 3.05) is 6.61 Å². The minimum atomic E-state index is -0.943. The molecule has 0 saturated carbocycles. The second-order valence-electron chi connectivity index (χ2n) is 2.98. The minimum Gasteiger partial charge on any atom is -0.491 e. The van der Waals surface area contributed by atoms with E-state index in [1.807, 2.05) is 0 Å². The smallest absolute Gasteiger partial charge is 0.335 e. The molecule has 13 heavy (non-hydrogen) atoms. The third kappa shape index (κ3) is 1.25. The number of hydrogen-bond acceptors (Lipinski definition) is 3. The Bertz CT molecular complexity index is 362. The van der Waals surface area contributed by atoms with Gasteiger partial charge in [-0.05, 0) is 18.2 Å². The topological polar surface area (TPSA) is 72.5 Å². The Balaban J connectivity index is 2.47. The molecule has 0 amide bonds. The summed E-state index contributed by atoms with van der Waals surface area (Å²) < 4.78 is 5.23. The van der Waals surface area contributed by atoms with Crippen LogP contribution in [-0.4, -0.2) is 17.7 Å². The fourth-order valence-electron chi connectivity index (χ4n) is 1.37. The molecule has 0 aliphatic carbocycles. The molecule has 1 aliphatic heterocycles. The van der Waals surface area contributed by atoms with Crippen LogP contribution < -0.4 is 10.5 Å². The van der Waals surface area contributed by atoms with Crippen molar-refractivity contribution in [3.05, 3.63) is 29.3 Å². The second kappa shape index (κ2) is 2.74. The number of carboxylic acids is 1. The Labute approximate surface area is 74.9 Å². The Kier molecular flexibility index (Phi) is 1.70. The molecule has 4 nitrogen and oxygen atoms in total. The van der Waals surface area contributed by atoms with Gasteiger partial charge in [0.1, 0.15) is 12.4 Å². The number of rotatable bonds is 1. The zero-order chi connectivity index (χ0) is 9.42. The lowest BCUT2D eigenvalue weighted by molar-refractivity contribution is 0.0697. The van der Waals surface area contributed by atoms with Crippen LogP contribution in [0.15, 0.2) is 18.2 Å². The number of hydrogen-bond donors (Lipinski definition) is 2. The summed E-state index contributed by atoms with van der Waals surface area (Å²) in [5, 5.41) is 8.72. The van der Waals surface area contributed by atoms with Crippen molar-refractivity contribution in [2.24, 2.45) is 5.73 Å². The van der Waals surface area contributed by atoms with E-state index in [9.17, 15) is 4.79 Å². The second-order valence-corrected chi connectivity index (χ2v) is 2.98. The molecule has 1 heterocycles. The van der Waals surface area contributed by atoms with Crippen molar-refractivity contribution in [3.63, 3.8) is 0 Å². The zero-order valence-electron chi connectivity index (χ0n) is 6.86. The average Bonchev–Trinajstić information content (AvgIpc) is 2.47. The van der Waals surface area contributed by atoms with Crippen molar-refractivity contribution in [3.8, 4) is 5.75 Å². The lowest BCUT2D eigenvalue weighted by Gasteiger charge is -2.01. The number of benzene rings is 1. The van der Waals surface area contributed by atoms with Gasteiger partial charge >= 0.3 is 5.97 Å². The molecule has 0 radical (unpaired) electrons. The minimum absolute atomic E-state index is 0.200. The van der Waals surface area contributed by atoms with E-state index in [0.29, 0.717) is 12.4 Å². The summed E-state index contributed by atoms with van der Waals surface area (Å²) in [5.74, 6) is -0.251. The molecule has 3 N–H and O–H groups in total. The fourth-order valence-corrected chi connectivity index (χ4v) is 1.37. The number of fused-ring (bicyclic) bond motifs is 1. The molecular weight excluding hydrogens is 170 g/mol. The van der Waals surface area contributed by atoms with E-state index in [1.54, 1.807) is 12.1 Å². The van der Waals surface area contributed by atoms with Crippen LogP contribution in [0.25, 0.3) is 0 Å². The summed E-state index contributed by atoms with van der Waals surface area (Å²) in [7, 11) is 0. The van der Waals surface area contributed by atoms with Gasteiger partial charge in [-0.3, -0.25) is 0 Å². The highest BCUT2D eigenvalue weighted by Gasteiger charge is 2.21. The lowest BCUT2D eigenvalue weighted by atomic mass is 10.1. The van der Waals surface area contributed by atoms with Crippen LogP contribution in [0.5, 0.6) is 5.75 Å². The first-order chi connectivity index (χ1) is 6.18. The molecule has 4 heteroatoms. The lowest BCUT2D eigenvalue weighted by Crippen LogP contribution is -2.11. The van der Waals surface area contributed by atoms with E-state index in [1.165, 1.54) is 6.07 Å². The molecule has 2 rings (SSSR count). The maximum Gasteiger partial charge on any atom is 0.335 e. The highest BCUT2D eigenvalue weighted by atomic mass is 16.5. The summed E-state index contributed by atoms with van der Waals surface area (Å²) in [6.07, 6.45) is 0. The van der Waals surface area contributed by atoms with Crippen LogP contribution >= 0.6 is 0 Å². The van der Waals surface area contributed by atoms with Gasteiger partial charge < -0.3 is 15.6 Å². The number of carboxylic acid groups (broad SMARTS) is 1. The number of nitrogens with two attached hydrogens (primary N) is 1. The average molecular weight is 179 g/mol. The molecule has 0 fully saturated rings. The van der Waals surface area contributed by atoms with Gasteiger partial charge in [0.05, 0.1) is 11.6 Å². The van der Waals surface area contributed by atoms with Crippen molar-refractivity contribution in [1.82, 2.24) is 0 Å². The Morgan fingerprint density at radius 1 is 1.62 bits per heavy atom. The van der Waals surface area contributed by atoms with Gasteiger partial charge in [0.2, 0.25) is 0 Å². The molecule has 0 unspecified atom stereocenters. The van der Waals surface area contributed by atoms with Gasteiger partial charge in [-0.1, -0.05) is 0 Å². The van der Waals surface area contributed by atoms with Crippen LogP contribution in [0.1, 0.15) is 22.0 Å². The molecule has 1 aliphatic rings. The number of aromatic carboxylic acids is 1. The van der Waals surface area contributed by atoms with Crippen LogP contribution in [0.4, 0.5) is 0 Å². The molecule has 68 valence electrons. The van der Waals surface area contributed by atoms with Crippen molar-refractivity contribution >= 4 is 5.97 Å². The molecule has 1 atom stereocenters. The summed E-state index contributed by atoms with van der Waals surface area (Å²) in [4.78, 5) is 10.6. The SMILES string of the molecule is N[C@H]1COc2ccc(C(=O)O)cc21. The van der Waals surface area contributed by atoms with E-state index in [4.69, 9.17) is 15.6 Å². The first kappa shape index (κ1) is 8.07. The van der Waals surface area contributed by atoms with E-state index >= 15 is 0 Å². The van der Waals surface area contributed by atoms with E-state index < -0.39 is 5.97 Å². The zero-order valence-corrected chi connectivity index (χ0v) is 6.86. The van der Waals surface area contributed by atoms with E-state index in [-0.39, 0.29) is 11.6 Å². The molecular formula is C9H9NO3. The standard InChI is InChI=1S/C9H9NO3/c10-7-4-13-8-2-1-5(9(11)12)3-6(7)8/h1-3,7H,4,10H2,(H,11,12)/t7-/m0/s1. The molecule has 1 aromatic rings. The molecule has 0 bridgehead atoms. The van der Waals surface area contributed by atoms with Gasteiger partial charge in [-0.25, -0.2) is 4.79 Å². The van der Waals surface area contributed by atoms with Gasteiger partial charge in [-0.2, -0.15) is 0 Å². The monoisotopic (exact) mass is 179 g/mol. The normalized spacial score (nSPS) is 19.3. The Morgan fingerprint density at radius 2 is 2.38 bits per heavy atom. The summed E-state index contributed by atoms with van der Waals surface area (Å²) in [6, 6.07) is 4.52. The quantitative estimate of drug-likeness (QED) is 0.668. The molecule has 0 saturated heterocycles. The number of carbonyl (C=O) groups is 1. The largest absolute Gasteiger partial charge is 0.491 e. The van der Waals surface area contributed by atoms with Crippen molar-refractivity contribution < 1.29 is 14.6 Å². The Hall–Kier alpha value is -1.55. The predicted molar refractivity (Wildman–Crippen MR) is 45.8 cm³/mol. The van der Waals surface area contributed by atoms with Crippen molar-refractivity contribution in [2.45, 2.75) is 6.04 Å². The van der Waals surface area contributed by atoms with Crippen LogP contribution in [-0.2, 0) is 0 Å².